The predicted molar refractivity (Wildman–Crippen MR) is 93.2 cm³/mol. The first-order valence-corrected chi connectivity index (χ1v) is 9.58. The monoisotopic (exact) mass is 339 g/mol. The molecule has 1 fully saturated rings. The topological polar surface area (TPSA) is 64.6 Å². The largest absolute Gasteiger partial charge is 0.494 e. The fourth-order valence-electron chi connectivity index (χ4n) is 2.34. The Kier molecular flexibility index (Phi) is 4.98. The van der Waals surface area contributed by atoms with E-state index in [-0.39, 0.29) is 23.0 Å². The van der Waals surface area contributed by atoms with E-state index in [9.17, 15) is 8.42 Å². The second kappa shape index (κ2) is 6.20. The van der Waals surface area contributed by atoms with Crippen molar-refractivity contribution < 1.29 is 17.7 Å². The number of hydrogen-bond donors (Lipinski definition) is 1. The number of sulfonamides is 1. The molecule has 0 saturated carbocycles. The Morgan fingerprint density at radius 3 is 2.00 bits per heavy atom. The van der Waals surface area contributed by atoms with Crippen LogP contribution in [0.2, 0.25) is 0 Å². The van der Waals surface area contributed by atoms with Crippen molar-refractivity contribution >= 4 is 22.6 Å². The number of rotatable bonds is 5. The van der Waals surface area contributed by atoms with Crippen LogP contribution >= 0.6 is 0 Å². The van der Waals surface area contributed by atoms with Crippen LogP contribution in [0.15, 0.2) is 24.3 Å². The zero-order chi connectivity index (χ0) is 17.5. The van der Waals surface area contributed by atoms with E-state index in [1.54, 1.807) is 6.92 Å². The first kappa shape index (κ1) is 18.5. The molecule has 5 nitrogen and oxygen atoms in total. The van der Waals surface area contributed by atoms with Crippen molar-refractivity contribution in [1.82, 2.24) is 4.72 Å². The molecule has 23 heavy (non-hydrogen) atoms. The molecular weight excluding hydrogens is 313 g/mol. The zero-order valence-corrected chi connectivity index (χ0v) is 15.5. The summed E-state index contributed by atoms with van der Waals surface area (Å²) in [5.41, 5.74) is 1.08. The molecule has 128 valence electrons. The highest BCUT2D eigenvalue weighted by atomic mass is 32.2. The standard InChI is InChI=1S/C16H26BNO4S/c1-7-23(19,20)18-12(2)13-8-10-14(11-9-13)17-21-15(3,4)16(5,6)22-17/h8-12,18H,7H2,1-6H3/t12-/m1/s1. The van der Waals surface area contributed by atoms with Crippen LogP contribution in [-0.2, 0) is 19.3 Å². The summed E-state index contributed by atoms with van der Waals surface area (Å²) >= 11 is 0. The summed E-state index contributed by atoms with van der Waals surface area (Å²) in [5.74, 6) is 0.0728. The summed E-state index contributed by atoms with van der Waals surface area (Å²) in [7, 11) is -3.63. The van der Waals surface area contributed by atoms with Gasteiger partial charge < -0.3 is 9.31 Å². The molecule has 1 aliphatic rings. The number of hydrogen-bond acceptors (Lipinski definition) is 4. The van der Waals surface area contributed by atoms with E-state index in [0.717, 1.165) is 11.0 Å². The maximum atomic E-state index is 11.7. The fourth-order valence-corrected chi connectivity index (χ4v) is 3.18. The van der Waals surface area contributed by atoms with E-state index in [1.807, 2.05) is 58.9 Å². The van der Waals surface area contributed by atoms with Crippen LogP contribution in [-0.4, -0.2) is 32.5 Å². The Bertz CT molecular complexity index is 639. The second-order valence-corrected chi connectivity index (χ2v) is 9.04. The molecule has 0 amide bonds. The van der Waals surface area contributed by atoms with E-state index in [0.29, 0.717) is 0 Å². The average molecular weight is 339 g/mol. The summed E-state index contributed by atoms with van der Waals surface area (Å²) < 4.78 is 38.0. The smallest absolute Gasteiger partial charge is 0.399 e. The highest BCUT2D eigenvalue weighted by molar-refractivity contribution is 7.89. The molecule has 1 aliphatic heterocycles. The van der Waals surface area contributed by atoms with E-state index in [4.69, 9.17) is 9.31 Å². The SMILES string of the molecule is CCS(=O)(=O)N[C@H](C)c1ccc(B2OC(C)(C)C(C)(C)O2)cc1. The van der Waals surface area contributed by atoms with Crippen LogP contribution in [0.25, 0.3) is 0 Å². The molecule has 2 rings (SSSR count). The molecule has 1 saturated heterocycles. The molecule has 1 heterocycles. The van der Waals surface area contributed by atoms with Crippen molar-refractivity contribution in [3.8, 4) is 0 Å². The average Bonchev–Trinajstić information content (AvgIpc) is 2.67. The van der Waals surface area contributed by atoms with E-state index < -0.39 is 17.1 Å². The van der Waals surface area contributed by atoms with Crippen LogP contribution in [0.1, 0.15) is 53.1 Å². The van der Waals surface area contributed by atoms with Crippen LogP contribution in [0.3, 0.4) is 0 Å². The Morgan fingerprint density at radius 1 is 1.09 bits per heavy atom. The maximum absolute atomic E-state index is 11.7. The number of benzene rings is 1. The van der Waals surface area contributed by atoms with Crippen LogP contribution in [0.5, 0.6) is 0 Å². The lowest BCUT2D eigenvalue weighted by Gasteiger charge is -2.32. The molecule has 0 aliphatic carbocycles. The van der Waals surface area contributed by atoms with E-state index in [2.05, 4.69) is 4.72 Å². The van der Waals surface area contributed by atoms with Crippen molar-refractivity contribution in [3.63, 3.8) is 0 Å². The van der Waals surface area contributed by atoms with Gasteiger partial charge in [0, 0.05) is 6.04 Å². The van der Waals surface area contributed by atoms with Crippen molar-refractivity contribution in [2.75, 3.05) is 5.75 Å². The summed E-state index contributed by atoms with van der Waals surface area (Å²) in [5, 5.41) is 0. The van der Waals surface area contributed by atoms with Gasteiger partial charge >= 0.3 is 7.12 Å². The predicted octanol–water partition coefficient (Wildman–Crippen LogP) is 1.99. The van der Waals surface area contributed by atoms with Crippen LogP contribution in [0.4, 0.5) is 0 Å². The molecule has 0 bridgehead atoms. The third-order valence-electron chi connectivity index (χ3n) is 4.70. The molecule has 0 unspecified atom stereocenters. The van der Waals surface area contributed by atoms with Crippen molar-refractivity contribution in [3.05, 3.63) is 29.8 Å². The van der Waals surface area contributed by atoms with E-state index in [1.165, 1.54) is 0 Å². The summed E-state index contributed by atoms with van der Waals surface area (Å²) in [6, 6.07) is 7.39. The first-order valence-electron chi connectivity index (χ1n) is 7.93. The second-order valence-electron chi connectivity index (χ2n) is 7.00. The van der Waals surface area contributed by atoms with Gasteiger partial charge in [0.1, 0.15) is 0 Å². The minimum Gasteiger partial charge on any atom is -0.399 e. The Morgan fingerprint density at radius 2 is 1.57 bits per heavy atom. The van der Waals surface area contributed by atoms with Crippen LogP contribution < -0.4 is 10.2 Å². The first-order chi connectivity index (χ1) is 10.5. The highest BCUT2D eigenvalue weighted by Crippen LogP contribution is 2.36. The lowest BCUT2D eigenvalue weighted by Crippen LogP contribution is -2.41. The summed E-state index contributed by atoms with van der Waals surface area (Å²) in [6.45, 7) is 11.5. The number of nitrogens with one attached hydrogen (secondary N) is 1. The minimum atomic E-state index is -3.22. The lowest BCUT2D eigenvalue weighted by molar-refractivity contribution is 0.00578. The lowest BCUT2D eigenvalue weighted by atomic mass is 9.78. The molecule has 0 spiro atoms. The van der Waals surface area contributed by atoms with Crippen molar-refractivity contribution in [1.29, 1.82) is 0 Å². The third kappa shape index (κ3) is 3.96. The van der Waals surface area contributed by atoms with Gasteiger partial charge in [-0.3, -0.25) is 0 Å². The van der Waals surface area contributed by atoms with Gasteiger partial charge in [-0.2, -0.15) is 0 Å². The summed E-state index contributed by atoms with van der Waals surface area (Å²) in [4.78, 5) is 0. The summed E-state index contributed by atoms with van der Waals surface area (Å²) in [6.07, 6.45) is 0. The molecular formula is C16H26BNO4S. The van der Waals surface area contributed by atoms with E-state index >= 15 is 0 Å². The fraction of sp³-hybridized carbons (Fsp3) is 0.625. The Labute approximate surface area is 140 Å². The Hall–Kier alpha value is -0.885. The quantitative estimate of drug-likeness (QED) is 0.834. The van der Waals surface area contributed by atoms with Gasteiger partial charge in [0.25, 0.3) is 0 Å². The third-order valence-corrected chi connectivity index (χ3v) is 6.17. The molecule has 1 aromatic carbocycles. The normalized spacial score (nSPS) is 21.4. The Balaban J connectivity index is 2.12. The minimum absolute atomic E-state index is 0.0728. The van der Waals surface area contributed by atoms with Gasteiger partial charge in [-0.25, -0.2) is 13.1 Å². The zero-order valence-electron chi connectivity index (χ0n) is 14.7. The van der Waals surface area contributed by atoms with Crippen molar-refractivity contribution in [2.45, 2.75) is 58.8 Å². The molecule has 7 heteroatoms. The van der Waals surface area contributed by atoms with Gasteiger partial charge in [-0.15, -0.1) is 0 Å². The molecule has 0 aromatic heterocycles. The van der Waals surface area contributed by atoms with Gasteiger partial charge in [0.15, 0.2) is 0 Å². The van der Waals surface area contributed by atoms with Gasteiger partial charge in [-0.1, -0.05) is 24.3 Å². The maximum Gasteiger partial charge on any atom is 0.494 e. The van der Waals surface area contributed by atoms with Gasteiger partial charge in [-0.05, 0) is 52.6 Å². The van der Waals surface area contributed by atoms with Gasteiger partial charge in [0.2, 0.25) is 10.0 Å². The molecule has 1 atom stereocenters. The highest BCUT2D eigenvalue weighted by Gasteiger charge is 2.51. The van der Waals surface area contributed by atoms with Crippen molar-refractivity contribution in [2.24, 2.45) is 0 Å². The van der Waals surface area contributed by atoms with Crippen LogP contribution in [0, 0.1) is 0 Å². The van der Waals surface area contributed by atoms with Gasteiger partial charge in [0.05, 0.1) is 17.0 Å². The molecule has 1 aromatic rings. The molecule has 0 radical (unpaired) electrons. The molecule has 1 N–H and O–H groups in total.